The van der Waals surface area contributed by atoms with Crippen molar-refractivity contribution in [3.63, 3.8) is 0 Å². The number of hydrogen-bond acceptors (Lipinski definition) is 5. The highest BCUT2D eigenvalue weighted by Crippen LogP contribution is 2.33. The molecule has 1 saturated carbocycles. The molecule has 0 unspecified atom stereocenters. The van der Waals surface area contributed by atoms with Gasteiger partial charge in [-0.05, 0) is 57.2 Å². The number of ketones is 1. The first-order valence-corrected chi connectivity index (χ1v) is 10.4. The number of carbonyl (C=O) groups is 1. The van der Waals surface area contributed by atoms with E-state index in [2.05, 4.69) is 0 Å². The van der Waals surface area contributed by atoms with Gasteiger partial charge in [0, 0.05) is 6.04 Å². The summed E-state index contributed by atoms with van der Waals surface area (Å²) in [5.41, 5.74) is 2.54. The molecule has 2 aromatic rings. The molecule has 6 nitrogen and oxygen atoms in total. The topological polar surface area (TPSA) is 92.3 Å². The number of Topliss-reactive ketones (excluding diaryl/α,β-unsaturated/α-hetero) is 1. The molecule has 1 aromatic carbocycles. The van der Waals surface area contributed by atoms with E-state index in [0.29, 0.717) is 5.75 Å². The second kappa shape index (κ2) is 8.74. The number of ether oxygens (including phenoxy) is 1. The zero-order chi connectivity index (χ0) is 22.0. The summed E-state index contributed by atoms with van der Waals surface area (Å²) in [7, 11) is 0. The van der Waals surface area contributed by atoms with E-state index in [1.807, 2.05) is 39.0 Å². The molecule has 1 aromatic heterocycles. The van der Waals surface area contributed by atoms with Gasteiger partial charge in [0.1, 0.15) is 17.4 Å². The van der Waals surface area contributed by atoms with Crippen LogP contribution in [-0.4, -0.2) is 22.1 Å². The number of carbonyl (C=O) groups excluding carboxylic acids is 1. The van der Waals surface area contributed by atoms with Crippen molar-refractivity contribution >= 4 is 5.78 Å². The average molecular weight is 408 g/mol. The lowest BCUT2D eigenvalue weighted by Gasteiger charge is -2.26. The van der Waals surface area contributed by atoms with E-state index in [1.54, 1.807) is 0 Å². The summed E-state index contributed by atoms with van der Waals surface area (Å²) >= 11 is 0. The third kappa shape index (κ3) is 3.97. The second-order valence-electron chi connectivity index (χ2n) is 8.22. The van der Waals surface area contributed by atoms with Crippen LogP contribution in [0.4, 0.5) is 0 Å². The first-order valence-electron chi connectivity index (χ1n) is 10.4. The van der Waals surface area contributed by atoms with Crippen LogP contribution >= 0.6 is 0 Å². The lowest BCUT2D eigenvalue weighted by molar-refractivity contribution is 0.0914. The maximum atomic E-state index is 13.1. The number of aromatic nitrogens is 1. The highest BCUT2D eigenvalue weighted by molar-refractivity contribution is 6.01. The van der Waals surface area contributed by atoms with Gasteiger partial charge in [0.05, 0.1) is 5.56 Å². The maximum absolute atomic E-state index is 13.1. The zero-order valence-corrected chi connectivity index (χ0v) is 18.0. The third-order valence-corrected chi connectivity index (χ3v) is 5.92. The van der Waals surface area contributed by atoms with Crippen LogP contribution in [0.1, 0.15) is 76.3 Å². The SMILES string of the molecule is Cc1cc(C)c(OCC(=O)c2c(C)c(C#N)c(=O)n(C3CCCCC3)c2O)c(C)c1. The number of nitriles is 1. The first-order chi connectivity index (χ1) is 14.3. The van der Waals surface area contributed by atoms with Gasteiger partial charge in [0.15, 0.2) is 6.61 Å². The molecule has 0 radical (unpaired) electrons. The van der Waals surface area contributed by atoms with Crippen molar-refractivity contribution in [2.75, 3.05) is 6.61 Å². The van der Waals surface area contributed by atoms with Crippen molar-refractivity contribution in [2.24, 2.45) is 0 Å². The van der Waals surface area contributed by atoms with Crippen LogP contribution in [0.5, 0.6) is 11.6 Å². The number of benzene rings is 1. The Balaban J connectivity index is 2.00. The molecule has 1 aliphatic carbocycles. The molecule has 0 bridgehead atoms. The molecule has 158 valence electrons. The number of rotatable bonds is 5. The fourth-order valence-electron chi connectivity index (χ4n) is 4.54. The molecule has 1 heterocycles. The van der Waals surface area contributed by atoms with Crippen LogP contribution < -0.4 is 10.3 Å². The Morgan fingerprint density at radius 2 is 1.77 bits per heavy atom. The molecule has 1 fully saturated rings. The zero-order valence-electron chi connectivity index (χ0n) is 18.0. The summed E-state index contributed by atoms with van der Waals surface area (Å²) in [4.78, 5) is 25.9. The van der Waals surface area contributed by atoms with E-state index in [9.17, 15) is 20.0 Å². The predicted molar refractivity (Wildman–Crippen MR) is 114 cm³/mol. The molecular formula is C24H28N2O4. The first kappa shape index (κ1) is 21.6. The Morgan fingerprint density at radius 1 is 1.17 bits per heavy atom. The van der Waals surface area contributed by atoms with E-state index in [1.165, 1.54) is 11.5 Å². The van der Waals surface area contributed by atoms with Gasteiger partial charge >= 0.3 is 0 Å². The summed E-state index contributed by atoms with van der Waals surface area (Å²) in [5.74, 6) is -0.174. The van der Waals surface area contributed by atoms with Crippen LogP contribution in [0.25, 0.3) is 0 Å². The van der Waals surface area contributed by atoms with Gasteiger partial charge in [0.25, 0.3) is 5.56 Å². The number of hydrogen-bond donors (Lipinski definition) is 1. The van der Waals surface area contributed by atoms with Crippen molar-refractivity contribution in [2.45, 2.75) is 65.8 Å². The minimum atomic E-state index is -0.526. The van der Waals surface area contributed by atoms with Crippen molar-refractivity contribution < 1.29 is 14.6 Å². The second-order valence-corrected chi connectivity index (χ2v) is 8.22. The normalized spacial score (nSPS) is 14.4. The Hall–Kier alpha value is -3.07. The van der Waals surface area contributed by atoms with Crippen LogP contribution in [0, 0.1) is 39.0 Å². The van der Waals surface area contributed by atoms with Gasteiger partial charge in [-0.3, -0.25) is 14.2 Å². The van der Waals surface area contributed by atoms with Gasteiger partial charge in [-0.1, -0.05) is 37.0 Å². The monoisotopic (exact) mass is 408 g/mol. The molecule has 3 rings (SSSR count). The Bertz CT molecular complexity index is 1060. The van der Waals surface area contributed by atoms with Crippen molar-refractivity contribution in [1.29, 1.82) is 5.26 Å². The molecule has 30 heavy (non-hydrogen) atoms. The molecular weight excluding hydrogens is 380 g/mol. The Morgan fingerprint density at radius 3 is 2.33 bits per heavy atom. The summed E-state index contributed by atoms with van der Waals surface area (Å²) < 4.78 is 7.06. The van der Waals surface area contributed by atoms with Crippen molar-refractivity contribution in [3.05, 3.63) is 55.9 Å². The summed E-state index contributed by atoms with van der Waals surface area (Å²) in [6, 6.07) is 5.68. The van der Waals surface area contributed by atoms with E-state index in [0.717, 1.165) is 48.8 Å². The van der Waals surface area contributed by atoms with Crippen molar-refractivity contribution in [1.82, 2.24) is 4.57 Å². The quantitative estimate of drug-likeness (QED) is 0.739. The number of aryl methyl sites for hydroxylation is 3. The Labute approximate surface area is 176 Å². The van der Waals surface area contributed by atoms with Crippen LogP contribution in [0.3, 0.4) is 0 Å². The molecule has 0 aliphatic heterocycles. The van der Waals surface area contributed by atoms with E-state index < -0.39 is 11.3 Å². The van der Waals surface area contributed by atoms with E-state index in [4.69, 9.17) is 4.74 Å². The molecule has 1 N–H and O–H groups in total. The van der Waals surface area contributed by atoms with Crippen LogP contribution in [0.2, 0.25) is 0 Å². The lowest BCUT2D eigenvalue weighted by atomic mass is 9.93. The molecule has 0 saturated heterocycles. The van der Waals surface area contributed by atoms with Crippen LogP contribution in [0.15, 0.2) is 16.9 Å². The highest BCUT2D eigenvalue weighted by atomic mass is 16.5. The van der Waals surface area contributed by atoms with E-state index >= 15 is 0 Å². The van der Waals surface area contributed by atoms with Gasteiger partial charge in [-0.25, -0.2) is 0 Å². The smallest absolute Gasteiger partial charge is 0.271 e. The Kier molecular flexibility index (Phi) is 6.31. The number of aromatic hydroxyl groups is 1. The third-order valence-electron chi connectivity index (χ3n) is 5.92. The van der Waals surface area contributed by atoms with Gasteiger partial charge < -0.3 is 9.84 Å². The average Bonchev–Trinajstić information content (AvgIpc) is 2.68. The van der Waals surface area contributed by atoms with Gasteiger partial charge in [-0.15, -0.1) is 0 Å². The van der Waals surface area contributed by atoms with Gasteiger partial charge in [-0.2, -0.15) is 5.26 Å². The number of pyridine rings is 1. The fourth-order valence-corrected chi connectivity index (χ4v) is 4.54. The van der Waals surface area contributed by atoms with Crippen molar-refractivity contribution in [3.8, 4) is 17.7 Å². The molecule has 6 heteroatoms. The number of nitrogens with zero attached hydrogens (tertiary/aromatic N) is 2. The molecule has 0 atom stereocenters. The molecule has 0 spiro atoms. The lowest BCUT2D eigenvalue weighted by Crippen LogP contribution is -2.31. The summed E-state index contributed by atoms with van der Waals surface area (Å²) in [6.45, 7) is 7.07. The standard InChI is InChI=1S/C24H28N2O4/c1-14-10-15(2)22(16(3)11-14)30-13-20(27)21-17(4)19(12-25)23(28)26(24(21)29)18-8-6-5-7-9-18/h10-11,18,29H,5-9,13H2,1-4H3. The minimum Gasteiger partial charge on any atom is -0.494 e. The summed E-state index contributed by atoms with van der Waals surface area (Å²) in [6.07, 6.45) is 4.47. The summed E-state index contributed by atoms with van der Waals surface area (Å²) in [5, 5.41) is 20.5. The molecule has 1 aliphatic rings. The maximum Gasteiger partial charge on any atom is 0.271 e. The predicted octanol–water partition coefficient (Wildman–Crippen LogP) is 4.43. The van der Waals surface area contributed by atoms with Crippen LogP contribution in [-0.2, 0) is 0 Å². The highest BCUT2D eigenvalue weighted by Gasteiger charge is 2.28. The van der Waals surface area contributed by atoms with E-state index in [-0.39, 0.29) is 35.2 Å². The minimum absolute atomic E-state index is 0.000795. The fraction of sp³-hybridized carbons (Fsp3) is 0.458. The van der Waals surface area contributed by atoms with Gasteiger partial charge in [0.2, 0.25) is 11.7 Å². The molecule has 0 amide bonds. The largest absolute Gasteiger partial charge is 0.494 e.